The number of nitrogens with one attached hydrogen (secondary N) is 1. The number of amides is 1. The zero-order valence-corrected chi connectivity index (χ0v) is 25.4. The fourth-order valence-corrected chi connectivity index (χ4v) is 8.26. The predicted octanol–water partition coefficient (Wildman–Crippen LogP) is 5.02. The van der Waals surface area contributed by atoms with Crippen molar-refractivity contribution in [2.45, 2.75) is 70.1 Å². The summed E-state index contributed by atoms with van der Waals surface area (Å²) >= 11 is 0. The predicted molar refractivity (Wildman–Crippen MR) is 166 cm³/mol. The lowest BCUT2D eigenvalue weighted by Crippen LogP contribution is -2.56. The van der Waals surface area contributed by atoms with Gasteiger partial charge in [0.2, 0.25) is 0 Å². The molecule has 4 fully saturated rings. The first kappa shape index (κ1) is 28.4. The van der Waals surface area contributed by atoms with Crippen LogP contribution in [0.5, 0.6) is 5.75 Å². The normalized spacial score (nSPS) is 28.1. The van der Waals surface area contributed by atoms with Crippen molar-refractivity contribution in [2.24, 2.45) is 11.3 Å². The van der Waals surface area contributed by atoms with Gasteiger partial charge in [0.15, 0.2) is 0 Å². The molecule has 2 N–H and O–H groups in total. The molecule has 4 aliphatic rings. The third-order valence-electron chi connectivity index (χ3n) is 10.8. The minimum Gasteiger partial charge on any atom is -0.496 e. The highest BCUT2D eigenvalue weighted by molar-refractivity contribution is 5.94. The number of piperazine rings is 1. The number of carbonyl (C=O) groups is 1. The molecule has 43 heavy (non-hydrogen) atoms. The number of nitriles is 1. The minimum atomic E-state index is 0.0291. The number of rotatable bonds is 7. The molecule has 8 heteroatoms. The molecule has 2 aliphatic heterocycles. The van der Waals surface area contributed by atoms with Crippen LogP contribution in [0.3, 0.4) is 0 Å². The molecule has 7 rings (SSSR count). The Kier molecular flexibility index (Phi) is 7.45. The van der Waals surface area contributed by atoms with Gasteiger partial charge in [0.05, 0.1) is 25.8 Å². The van der Waals surface area contributed by atoms with Crippen molar-refractivity contribution in [1.82, 2.24) is 19.7 Å². The molecular weight excluding hydrogens is 538 g/mol. The number of nitrogens with zero attached hydrogens (tertiary/aromatic N) is 4. The number of ether oxygens (including phenoxy) is 1. The van der Waals surface area contributed by atoms with E-state index in [-0.39, 0.29) is 35.9 Å². The number of hydrogen-bond donors (Lipinski definition) is 2. The number of aromatic amines is 1. The number of aryl methyl sites for hydroxylation is 1. The number of benzene rings is 2. The molecule has 8 nitrogen and oxygen atoms in total. The number of hydrogen-bond acceptors (Lipinski definition) is 6. The van der Waals surface area contributed by atoms with Crippen LogP contribution >= 0.6 is 0 Å². The van der Waals surface area contributed by atoms with E-state index in [2.05, 4.69) is 52.0 Å². The SMILES string of the molecule is COc1cc(C)c2[nH]ccc2c1CN1CCC2(CC(C#N)C2)CC1c1ccc(C(=O)N2CCN(C3CC3)[C@@H](CO)C2)cc1. The van der Waals surface area contributed by atoms with E-state index in [1.807, 2.05) is 23.2 Å². The van der Waals surface area contributed by atoms with Crippen LogP contribution in [0.2, 0.25) is 0 Å². The lowest BCUT2D eigenvalue weighted by molar-refractivity contribution is -0.0298. The Bertz CT molecular complexity index is 1530. The second kappa shape index (κ2) is 11.3. The van der Waals surface area contributed by atoms with Gasteiger partial charge in [0.25, 0.3) is 5.91 Å². The molecule has 226 valence electrons. The summed E-state index contributed by atoms with van der Waals surface area (Å²) in [5, 5.41) is 20.7. The Morgan fingerprint density at radius 1 is 1.14 bits per heavy atom. The van der Waals surface area contributed by atoms with E-state index in [0.717, 1.165) is 56.6 Å². The monoisotopic (exact) mass is 581 g/mol. The quantitative estimate of drug-likeness (QED) is 0.407. The standard InChI is InChI=1S/C35H43N5O3/c1-23-15-32(43-2)30(29-9-11-37-33(23)29)21-38-12-10-35(16-24(17-35)19-36)18-31(38)25-3-5-26(6-4-25)34(42)39-13-14-40(27-7-8-27)28(20-39)22-41/h3-6,9,11,15,24,27-28,31,37,41H,7-8,10,12-14,16-18,20-22H2,1-2H3/t24?,28-,31?,35?/m1/s1. The molecule has 2 saturated carbocycles. The third-order valence-corrected chi connectivity index (χ3v) is 10.8. The molecule has 1 spiro atoms. The zero-order valence-electron chi connectivity index (χ0n) is 25.4. The zero-order chi connectivity index (χ0) is 29.7. The summed E-state index contributed by atoms with van der Waals surface area (Å²) in [4.78, 5) is 23.8. The van der Waals surface area contributed by atoms with Crippen molar-refractivity contribution in [3.63, 3.8) is 0 Å². The Labute approximate surface area is 254 Å². The number of methoxy groups -OCH3 is 1. The largest absolute Gasteiger partial charge is 0.496 e. The van der Waals surface area contributed by atoms with Crippen molar-refractivity contribution in [1.29, 1.82) is 5.26 Å². The maximum atomic E-state index is 13.5. The molecule has 2 saturated heterocycles. The highest BCUT2D eigenvalue weighted by Gasteiger charge is 2.49. The van der Waals surface area contributed by atoms with Gasteiger partial charge in [-0.2, -0.15) is 5.26 Å². The first-order chi connectivity index (χ1) is 20.9. The molecule has 3 heterocycles. The molecule has 1 aromatic heterocycles. The van der Waals surface area contributed by atoms with Crippen LogP contribution < -0.4 is 4.74 Å². The van der Waals surface area contributed by atoms with Crippen LogP contribution in [0.1, 0.15) is 71.6 Å². The molecule has 2 aromatic carbocycles. The van der Waals surface area contributed by atoms with E-state index in [0.29, 0.717) is 24.7 Å². The fraction of sp³-hybridized carbons (Fsp3) is 0.543. The number of aliphatic hydroxyl groups excluding tert-OH is 1. The number of piperidine rings is 1. The van der Waals surface area contributed by atoms with E-state index in [9.17, 15) is 15.2 Å². The van der Waals surface area contributed by atoms with Crippen LogP contribution in [-0.4, -0.2) is 82.7 Å². The van der Waals surface area contributed by atoms with E-state index in [1.165, 1.54) is 34.9 Å². The third kappa shape index (κ3) is 5.22. The summed E-state index contributed by atoms with van der Waals surface area (Å²) < 4.78 is 5.89. The summed E-state index contributed by atoms with van der Waals surface area (Å²) in [7, 11) is 1.75. The topological polar surface area (TPSA) is 95.8 Å². The Morgan fingerprint density at radius 2 is 1.93 bits per heavy atom. The molecule has 0 radical (unpaired) electrons. The lowest BCUT2D eigenvalue weighted by Gasteiger charge is -2.53. The molecular formula is C35H43N5O3. The van der Waals surface area contributed by atoms with Gasteiger partial charge in [0.1, 0.15) is 5.75 Å². The Morgan fingerprint density at radius 3 is 2.63 bits per heavy atom. The van der Waals surface area contributed by atoms with Crippen molar-refractivity contribution in [3.8, 4) is 11.8 Å². The summed E-state index contributed by atoms with van der Waals surface area (Å²) in [5.41, 5.74) is 5.67. The number of aromatic nitrogens is 1. The highest BCUT2D eigenvalue weighted by atomic mass is 16.5. The van der Waals surface area contributed by atoms with Gasteiger partial charge in [-0.3, -0.25) is 14.6 Å². The van der Waals surface area contributed by atoms with Gasteiger partial charge >= 0.3 is 0 Å². The van der Waals surface area contributed by atoms with Crippen molar-refractivity contribution >= 4 is 16.8 Å². The van der Waals surface area contributed by atoms with Crippen LogP contribution in [0.15, 0.2) is 42.6 Å². The molecule has 2 aliphatic carbocycles. The van der Waals surface area contributed by atoms with E-state index in [1.54, 1.807) is 7.11 Å². The number of aliphatic hydroxyl groups is 1. The average molecular weight is 582 g/mol. The van der Waals surface area contributed by atoms with E-state index in [4.69, 9.17) is 4.74 Å². The number of carbonyl (C=O) groups excluding carboxylic acids is 1. The van der Waals surface area contributed by atoms with Gasteiger partial charge in [-0.1, -0.05) is 12.1 Å². The fourth-order valence-electron chi connectivity index (χ4n) is 8.26. The summed E-state index contributed by atoms with van der Waals surface area (Å²) in [6.07, 6.45) is 8.50. The maximum absolute atomic E-state index is 13.5. The van der Waals surface area contributed by atoms with Crippen molar-refractivity contribution in [2.75, 3.05) is 39.9 Å². The lowest BCUT2D eigenvalue weighted by atomic mass is 9.56. The van der Waals surface area contributed by atoms with Crippen LogP contribution in [0, 0.1) is 29.6 Å². The molecule has 0 bridgehead atoms. The van der Waals surface area contributed by atoms with Gasteiger partial charge in [-0.05, 0) is 92.8 Å². The average Bonchev–Trinajstić information content (AvgIpc) is 3.75. The summed E-state index contributed by atoms with van der Waals surface area (Å²) in [5.74, 6) is 1.14. The molecule has 1 amide bonds. The molecule has 2 atom stereocenters. The van der Waals surface area contributed by atoms with Crippen molar-refractivity contribution < 1.29 is 14.6 Å². The van der Waals surface area contributed by atoms with Crippen LogP contribution in [0.25, 0.3) is 10.9 Å². The van der Waals surface area contributed by atoms with Gasteiger partial charge in [-0.25, -0.2) is 0 Å². The Balaban J connectivity index is 1.13. The van der Waals surface area contributed by atoms with Gasteiger partial charge in [0, 0.05) is 72.4 Å². The highest BCUT2D eigenvalue weighted by Crippen LogP contribution is 2.57. The van der Waals surface area contributed by atoms with Crippen LogP contribution in [-0.2, 0) is 6.54 Å². The van der Waals surface area contributed by atoms with E-state index < -0.39 is 0 Å². The first-order valence-corrected chi connectivity index (χ1v) is 15.9. The molecule has 1 unspecified atom stereocenters. The number of likely N-dealkylation sites (tertiary alicyclic amines) is 1. The Hall–Kier alpha value is -3.38. The first-order valence-electron chi connectivity index (χ1n) is 15.9. The van der Waals surface area contributed by atoms with Gasteiger partial charge in [-0.15, -0.1) is 0 Å². The van der Waals surface area contributed by atoms with Crippen molar-refractivity contribution in [3.05, 3.63) is 64.8 Å². The van der Waals surface area contributed by atoms with Gasteiger partial charge < -0.3 is 19.7 Å². The second-order valence-electron chi connectivity index (χ2n) is 13.5. The smallest absolute Gasteiger partial charge is 0.253 e. The summed E-state index contributed by atoms with van der Waals surface area (Å²) in [6.45, 7) is 6.05. The maximum Gasteiger partial charge on any atom is 0.253 e. The molecule has 3 aromatic rings. The number of fused-ring (bicyclic) bond motifs is 1. The number of H-pyrrole nitrogens is 1. The van der Waals surface area contributed by atoms with E-state index >= 15 is 0 Å². The summed E-state index contributed by atoms with van der Waals surface area (Å²) in [6, 6.07) is 15.9. The minimum absolute atomic E-state index is 0.0291. The van der Waals surface area contributed by atoms with Crippen LogP contribution in [0.4, 0.5) is 0 Å². The second-order valence-corrected chi connectivity index (χ2v) is 13.5.